The van der Waals surface area contributed by atoms with Gasteiger partial charge in [-0.15, -0.1) is 0 Å². The van der Waals surface area contributed by atoms with Crippen LogP contribution in [0.25, 0.3) is 0 Å². The van der Waals surface area contributed by atoms with Crippen molar-refractivity contribution < 1.29 is 4.21 Å². The molecule has 5 nitrogen and oxygen atoms in total. The fourth-order valence-electron chi connectivity index (χ4n) is 1.79. The number of hydrogen-bond donors (Lipinski definition) is 2. The van der Waals surface area contributed by atoms with Gasteiger partial charge in [0, 0.05) is 28.3 Å². The van der Waals surface area contributed by atoms with Crippen molar-refractivity contribution in [2.24, 2.45) is 0 Å². The molecule has 1 aliphatic heterocycles. The van der Waals surface area contributed by atoms with E-state index in [-0.39, 0.29) is 11.3 Å². The third kappa shape index (κ3) is 3.07. The predicted molar refractivity (Wildman–Crippen MR) is 70.7 cm³/mol. The van der Waals surface area contributed by atoms with Crippen LogP contribution in [0, 0.1) is 6.92 Å². The van der Waals surface area contributed by atoms with Gasteiger partial charge in [0.15, 0.2) is 5.82 Å². The quantitative estimate of drug-likeness (QED) is 0.796. The van der Waals surface area contributed by atoms with Crippen molar-refractivity contribution >= 4 is 33.9 Å². The number of halogens is 1. The van der Waals surface area contributed by atoms with Gasteiger partial charge >= 0.3 is 0 Å². The lowest BCUT2D eigenvalue weighted by atomic mass is 10.1. The second kappa shape index (κ2) is 5.18. The van der Waals surface area contributed by atoms with Crippen LogP contribution >= 0.6 is 11.6 Å². The predicted octanol–water partition coefficient (Wildman–Crippen LogP) is 1.34. The second-order valence-electron chi connectivity index (χ2n) is 4.11. The summed E-state index contributed by atoms with van der Waals surface area (Å²) >= 11 is 5.80. The average Bonchev–Trinajstić information content (AvgIpc) is 2.28. The van der Waals surface area contributed by atoms with Gasteiger partial charge in [-0.2, -0.15) is 4.98 Å². The first kappa shape index (κ1) is 12.6. The van der Waals surface area contributed by atoms with Crippen molar-refractivity contribution in [1.29, 1.82) is 0 Å². The molecule has 0 amide bonds. The lowest BCUT2D eigenvalue weighted by Crippen LogP contribution is -2.30. The lowest BCUT2D eigenvalue weighted by Gasteiger charge is -2.23. The highest BCUT2D eigenvalue weighted by Crippen LogP contribution is 2.23. The molecule has 3 N–H and O–H groups in total. The zero-order chi connectivity index (χ0) is 12.4. The molecule has 2 rings (SSSR count). The van der Waals surface area contributed by atoms with Crippen molar-refractivity contribution in [2.75, 3.05) is 22.6 Å². The molecule has 1 aromatic heterocycles. The van der Waals surface area contributed by atoms with Crippen molar-refractivity contribution in [1.82, 2.24) is 9.97 Å². The van der Waals surface area contributed by atoms with Gasteiger partial charge in [0.2, 0.25) is 5.28 Å². The van der Waals surface area contributed by atoms with Crippen LogP contribution in [0.3, 0.4) is 0 Å². The van der Waals surface area contributed by atoms with E-state index in [4.69, 9.17) is 17.3 Å². The van der Waals surface area contributed by atoms with Crippen LogP contribution in [0.5, 0.6) is 0 Å². The first-order chi connectivity index (χ1) is 8.06. The smallest absolute Gasteiger partial charge is 0.224 e. The second-order valence-corrected chi connectivity index (χ2v) is 6.14. The molecule has 1 aliphatic rings. The number of rotatable bonds is 2. The van der Waals surface area contributed by atoms with Gasteiger partial charge in [-0.25, -0.2) is 4.98 Å². The van der Waals surface area contributed by atoms with Crippen molar-refractivity contribution in [3.8, 4) is 0 Å². The summed E-state index contributed by atoms with van der Waals surface area (Å²) in [6.45, 7) is 1.80. The topological polar surface area (TPSA) is 80.9 Å². The molecular weight excluding hydrogens is 260 g/mol. The first-order valence-corrected chi connectivity index (χ1v) is 7.34. The number of nitrogens with one attached hydrogen (secondary N) is 1. The highest BCUT2D eigenvalue weighted by atomic mass is 35.5. The Bertz CT molecular complexity index is 444. The van der Waals surface area contributed by atoms with Crippen LogP contribution in [0.2, 0.25) is 5.28 Å². The van der Waals surface area contributed by atoms with Crippen LogP contribution in [0.4, 0.5) is 11.5 Å². The fraction of sp³-hybridized carbons (Fsp3) is 0.600. The standard InChI is InChI=1S/C10H15ClN4OS/c1-6-8(12)9(15-10(11)13-6)14-7-2-4-17(16)5-3-7/h7H,2-5,12H2,1H3,(H,13,14,15). The molecule has 1 saturated heterocycles. The highest BCUT2D eigenvalue weighted by molar-refractivity contribution is 7.85. The van der Waals surface area contributed by atoms with E-state index in [2.05, 4.69) is 15.3 Å². The zero-order valence-electron chi connectivity index (χ0n) is 9.57. The van der Waals surface area contributed by atoms with E-state index < -0.39 is 10.8 Å². The third-order valence-electron chi connectivity index (χ3n) is 2.84. The molecule has 0 spiro atoms. The first-order valence-electron chi connectivity index (χ1n) is 5.47. The van der Waals surface area contributed by atoms with Crippen LogP contribution in [0.15, 0.2) is 0 Å². The van der Waals surface area contributed by atoms with E-state index in [1.54, 1.807) is 6.92 Å². The Morgan fingerprint density at radius 1 is 1.41 bits per heavy atom. The normalized spacial score (nSPS) is 24.6. The van der Waals surface area contributed by atoms with E-state index in [9.17, 15) is 4.21 Å². The Morgan fingerprint density at radius 3 is 2.71 bits per heavy atom. The number of aryl methyl sites for hydroxylation is 1. The lowest BCUT2D eigenvalue weighted by molar-refractivity contribution is 0.622. The van der Waals surface area contributed by atoms with Gasteiger partial charge in [-0.3, -0.25) is 4.21 Å². The third-order valence-corrected chi connectivity index (χ3v) is 4.39. The average molecular weight is 275 g/mol. The number of nitrogens with two attached hydrogens (primary N) is 1. The summed E-state index contributed by atoms with van der Waals surface area (Å²) in [7, 11) is -0.663. The van der Waals surface area contributed by atoms with Crippen molar-refractivity contribution in [2.45, 2.75) is 25.8 Å². The van der Waals surface area contributed by atoms with Gasteiger partial charge in [0.25, 0.3) is 0 Å². The minimum Gasteiger partial charge on any atom is -0.394 e. The Balaban J connectivity index is 2.10. The number of anilines is 2. The summed E-state index contributed by atoms with van der Waals surface area (Å²) in [4.78, 5) is 8.07. The summed E-state index contributed by atoms with van der Waals surface area (Å²) in [5, 5.41) is 3.45. The van der Waals surface area contributed by atoms with Crippen LogP contribution in [0.1, 0.15) is 18.5 Å². The number of nitrogens with zero attached hydrogens (tertiary/aromatic N) is 2. The molecule has 0 unspecified atom stereocenters. The molecule has 0 aromatic carbocycles. The SMILES string of the molecule is Cc1nc(Cl)nc(NC2CCS(=O)CC2)c1N. The summed E-state index contributed by atoms with van der Waals surface area (Å²) in [5.41, 5.74) is 7.09. The Labute approximate surface area is 108 Å². The van der Waals surface area contributed by atoms with Crippen LogP contribution in [-0.4, -0.2) is 31.7 Å². The number of hydrogen-bond acceptors (Lipinski definition) is 5. The maximum absolute atomic E-state index is 11.2. The molecule has 0 aliphatic carbocycles. The molecule has 0 radical (unpaired) electrons. The van der Waals surface area contributed by atoms with E-state index >= 15 is 0 Å². The molecule has 0 atom stereocenters. The number of aromatic nitrogens is 2. The van der Waals surface area contributed by atoms with E-state index in [0.717, 1.165) is 24.3 Å². The molecule has 17 heavy (non-hydrogen) atoms. The Morgan fingerprint density at radius 2 is 2.06 bits per heavy atom. The summed E-state index contributed by atoms with van der Waals surface area (Å²) in [6, 6.07) is 0.264. The maximum atomic E-state index is 11.2. The maximum Gasteiger partial charge on any atom is 0.224 e. The monoisotopic (exact) mass is 274 g/mol. The highest BCUT2D eigenvalue weighted by Gasteiger charge is 2.19. The molecule has 1 fully saturated rings. The van der Waals surface area contributed by atoms with Crippen LogP contribution < -0.4 is 11.1 Å². The summed E-state index contributed by atoms with van der Waals surface area (Å²) < 4.78 is 11.2. The van der Waals surface area contributed by atoms with Crippen LogP contribution in [-0.2, 0) is 10.8 Å². The number of nitrogen functional groups attached to an aromatic ring is 1. The minimum atomic E-state index is -0.663. The van der Waals surface area contributed by atoms with Crippen molar-refractivity contribution in [3.63, 3.8) is 0 Å². The summed E-state index contributed by atoms with van der Waals surface area (Å²) in [6.07, 6.45) is 1.74. The minimum absolute atomic E-state index is 0.193. The molecule has 1 aromatic rings. The zero-order valence-corrected chi connectivity index (χ0v) is 11.1. The van der Waals surface area contributed by atoms with Crippen molar-refractivity contribution in [3.05, 3.63) is 11.0 Å². The molecule has 94 valence electrons. The van der Waals surface area contributed by atoms with Gasteiger partial charge < -0.3 is 11.1 Å². The summed E-state index contributed by atoms with van der Waals surface area (Å²) in [5.74, 6) is 2.05. The van der Waals surface area contributed by atoms with Gasteiger partial charge in [0.1, 0.15) is 0 Å². The molecule has 0 saturated carbocycles. The molecular formula is C10H15ClN4OS. The van der Waals surface area contributed by atoms with E-state index in [0.29, 0.717) is 17.2 Å². The molecule has 0 bridgehead atoms. The van der Waals surface area contributed by atoms with Gasteiger partial charge in [-0.1, -0.05) is 0 Å². The van der Waals surface area contributed by atoms with E-state index in [1.165, 1.54) is 0 Å². The van der Waals surface area contributed by atoms with Gasteiger partial charge in [-0.05, 0) is 31.4 Å². The van der Waals surface area contributed by atoms with E-state index in [1.807, 2.05) is 0 Å². The van der Waals surface area contributed by atoms with Gasteiger partial charge in [0.05, 0.1) is 11.4 Å². The Hall–Kier alpha value is -0.880. The molecule has 2 heterocycles. The molecule has 7 heteroatoms. The Kier molecular flexibility index (Phi) is 3.83. The largest absolute Gasteiger partial charge is 0.394 e. The fourth-order valence-corrected chi connectivity index (χ4v) is 3.30.